The van der Waals surface area contributed by atoms with Crippen LogP contribution in [0.2, 0.25) is 0 Å². The highest BCUT2D eigenvalue weighted by Gasteiger charge is 2.15. The van der Waals surface area contributed by atoms with Crippen molar-refractivity contribution in [1.29, 1.82) is 0 Å². The topological polar surface area (TPSA) is 61.2 Å². The van der Waals surface area contributed by atoms with E-state index in [2.05, 4.69) is 4.98 Å². The number of carbonyl (C=O) groups is 1. The second kappa shape index (κ2) is 7.61. The number of hydrogen-bond acceptors (Lipinski definition) is 5. The van der Waals surface area contributed by atoms with E-state index < -0.39 is 5.97 Å². The zero-order chi connectivity index (χ0) is 17.8. The molecular formula is C19H20N2O3S. The molecule has 3 rings (SSSR count). The summed E-state index contributed by atoms with van der Waals surface area (Å²) in [5.41, 5.74) is 0.849. The minimum Gasteiger partial charge on any atom is -0.464 e. The lowest BCUT2D eigenvalue weighted by atomic mass is 10.2. The third-order valence-electron chi connectivity index (χ3n) is 3.95. The highest BCUT2D eigenvalue weighted by molar-refractivity contribution is 7.21. The average Bonchev–Trinajstić information content (AvgIpc) is 3.04. The normalized spacial score (nSPS) is 11.0. The van der Waals surface area contributed by atoms with Crippen molar-refractivity contribution in [3.8, 4) is 10.4 Å². The van der Waals surface area contributed by atoms with E-state index in [0.29, 0.717) is 22.6 Å². The molecule has 0 fully saturated rings. The second-order valence-corrected chi connectivity index (χ2v) is 6.85. The number of ether oxygens (including phenoxy) is 1. The number of benzene rings is 1. The van der Waals surface area contributed by atoms with Crippen LogP contribution in [0.5, 0.6) is 0 Å². The van der Waals surface area contributed by atoms with Gasteiger partial charge in [0.1, 0.15) is 17.2 Å². The van der Waals surface area contributed by atoms with Gasteiger partial charge in [0.15, 0.2) is 0 Å². The van der Waals surface area contributed by atoms with Crippen LogP contribution in [0.1, 0.15) is 25.6 Å². The maximum atomic E-state index is 12.8. The van der Waals surface area contributed by atoms with E-state index in [1.54, 1.807) is 6.92 Å². The molecule has 5 nitrogen and oxygen atoms in total. The van der Waals surface area contributed by atoms with E-state index in [-0.39, 0.29) is 12.1 Å². The van der Waals surface area contributed by atoms with Gasteiger partial charge in [-0.2, -0.15) is 0 Å². The predicted octanol–water partition coefficient (Wildman–Crippen LogP) is 3.78. The van der Waals surface area contributed by atoms with Crippen LogP contribution in [0.15, 0.2) is 41.2 Å². The summed E-state index contributed by atoms with van der Waals surface area (Å²) >= 11 is 1.48. The fraction of sp³-hybridized carbons (Fsp3) is 0.316. The number of nitrogens with zero attached hydrogens (tertiary/aromatic N) is 2. The van der Waals surface area contributed by atoms with Crippen molar-refractivity contribution < 1.29 is 9.53 Å². The minimum atomic E-state index is -0.404. The summed E-state index contributed by atoms with van der Waals surface area (Å²) < 4.78 is 6.55. The molecule has 25 heavy (non-hydrogen) atoms. The molecule has 2 heterocycles. The molecule has 0 aliphatic rings. The maximum absolute atomic E-state index is 12.8. The first-order chi connectivity index (χ1) is 12.1. The summed E-state index contributed by atoms with van der Waals surface area (Å²) in [5, 5.41) is 0.538. The lowest BCUT2D eigenvalue weighted by Gasteiger charge is -2.09. The third kappa shape index (κ3) is 3.79. The molecule has 0 aliphatic heterocycles. The van der Waals surface area contributed by atoms with Gasteiger partial charge in [0.2, 0.25) is 0 Å². The Hall–Kier alpha value is -2.47. The van der Waals surface area contributed by atoms with E-state index in [4.69, 9.17) is 4.74 Å². The highest BCUT2D eigenvalue weighted by atomic mass is 32.1. The van der Waals surface area contributed by atoms with Crippen molar-refractivity contribution in [2.24, 2.45) is 0 Å². The number of aryl methyl sites for hydroxylation is 1. The van der Waals surface area contributed by atoms with Gasteiger partial charge >= 0.3 is 5.97 Å². The molecular weight excluding hydrogens is 336 g/mol. The summed E-state index contributed by atoms with van der Waals surface area (Å²) in [6.07, 6.45) is 1.78. The van der Waals surface area contributed by atoms with Crippen LogP contribution in [0.25, 0.3) is 20.7 Å². The zero-order valence-electron chi connectivity index (χ0n) is 14.3. The van der Waals surface area contributed by atoms with E-state index in [9.17, 15) is 9.59 Å². The van der Waals surface area contributed by atoms with Gasteiger partial charge in [-0.25, -0.2) is 4.98 Å². The fourth-order valence-electron chi connectivity index (χ4n) is 2.55. The molecule has 0 atom stereocenters. The standard InChI is InChI=1S/C19H20N2O3S/c1-3-4-10-24-17(22)12-21-13(2)20-18-15(19(21)23)11-16(25-18)14-8-6-5-7-9-14/h5-9,11H,3-4,10,12H2,1-2H3. The van der Waals surface area contributed by atoms with Crippen molar-refractivity contribution in [3.63, 3.8) is 0 Å². The monoisotopic (exact) mass is 356 g/mol. The Labute approximate surface area is 149 Å². The van der Waals surface area contributed by atoms with Crippen LogP contribution in [0.3, 0.4) is 0 Å². The number of esters is 1. The summed E-state index contributed by atoms with van der Waals surface area (Å²) in [6, 6.07) is 11.7. The molecule has 1 aromatic carbocycles. The van der Waals surface area contributed by atoms with Gasteiger partial charge in [0.05, 0.1) is 12.0 Å². The number of thiophene rings is 1. The highest BCUT2D eigenvalue weighted by Crippen LogP contribution is 2.30. The number of fused-ring (bicyclic) bond motifs is 1. The van der Waals surface area contributed by atoms with Gasteiger partial charge in [0, 0.05) is 4.88 Å². The predicted molar refractivity (Wildman–Crippen MR) is 99.9 cm³/mol. The van der Waals surface area contributed by atoms with Crippen LogP contribution in [0, 0.1) is 6.92 Å². The quantitative estimate of drug-likeness (QED) is 0.498. The van der Waals surface area contributed by atoms with Gasteiger partial charge in [-0.3, -0.25) is 14.2 Å². The molecule has 0 saturated carbocycles. The Balaban J connectivity index is 1.93. The third-order valence-corrected chi connectivity index (χ3v) is 5.03. The van der Waals surface area contributed by atoms with Gasteiger partial charge < -0.3 is 4.74 Å². The molecule has 0 amide bonds. The van der Waals surface area contributed by atoms with Gasteiger partial charge in [-0.05, 0) is 25.0 Å². The van der Waals surface area contributed by atoms with Gasteiger partial charge in [-0.1, -0.05) is 43.7 Å². The van der Waals surface area contributed by atoms with Crippen LogP contribution in [0.4, 0.5) is 0 Å². The van der Waals surface area contributed by atoms with Crippen LogP contribution in [-0.2, 0) is 16.1 Å². The molecule has 0 saturated heterocycles. The summed E-state index contributed by atoms with van der Waals surface area (Å²) in [7, 11) is 0. The average molecular weight is 356 g/mol. The minimum absolute atomic E-state index is 0.103. The fourth-order valence-corrected chi connectivity index (χ4v) is 3.63. The molecule has 0 unspecified atom stereocenters. The van der Waals surface area contributed by atoms with Crippen LogP contribution in [-0.4, -0.2) is 22.1 Å². The Bertz CT molecular complexity index is 944. The molecule has 0 N–H and O–H groups in total. The van der Waals surface area contributed by atoms with Crippen molar-refractivity contribution >= 4 is 27.5 Å². The Kier molecular flexibility index (Phi) is 5.28. The van der Waals surface area contributed by atoms with Crippen LogP contribution >= 0.6 is 11.3 Å². The SMILES string of the molecule is CCCCOC(=O)Cn1c(C)nc2sc(-c3ccccc3)cc2c1=O. The van der Waals surface area contributed by atoms with E-state index >= 15 is 0 Å². The number of aromatic nitrogens is 2. The van der Waals surface area contributed by atoms with Crippen molar-refractivity contribution in [2.75, 3.05) is 6.61 Å². The molecule has 2 aromatic heterocycles. The Morgan fingerprint density at radius 1 is 1.28 bits per heavy atom. The molecule has 130 valence electrons. The molecule has 0 spiro atoms. The molecule has 3 aromatic rings. The summed E-state index contributed by atoms with van der Waals surface area (Å²) in [4.78, 5) is 30.9. The summed E-state index contributed by atoms with van der Waals surface area (Å²) in [6.45, 7) is 4.05. The molecule has 0 aliphatic carbocycles. The van der Waals surface area contributed by atoms with E-state index in [0.717, 1.165) is 23.3 Å². The second-order valence-electron chi connectivity index (χ2n) is 5.82. The van der Waals surface area contributed by atoms with Crippen molar-refractivity contribution in [2.45, 2.75) is 33.2 Å². The van der Waals surface area contributed by atoms with Crippen molar-refractivity contribution in [3.05, 3.63) is 52.6 Å². The van der Waals surface area contributed by atoms with Gasteiger partial charge in [0.25, 0.3) is 5.56 Å². The van der Waals surface area contributed by atoms with E-state index in [1.807, 2.05) is 43.3 Å². The number of unbranched alkanes of at least 4 members (excludes halogenated alkanes) is 1. The number of rotatable bonds is 6. The maximum Gasteiger partial charge on any atom is 0.326 e. The van der Waals surface area contributed by atoms with Crippen molar-refractivity contribution in [1.82, 2.24) is 9.55 Å². The molecule has 0 radical (unpaired) electrons. The summed E-state index contributed by atoms with van der Waals surface area (Å²) in [5.74, 6) is 0.115. The first-order valence-corrected chi connectivity index (χ1v) is 9.14. The Morgan fingerprint density at radius 3 is 2.76 bits per heavy atom. The first kappa shape index (κ1) is 17.4. The lowest BCUT2D eigenvalue weighted by Crippen LogP contribution is -2.28. The number of carbonyl (C=O) groups excluding carboxylic acids is 1. The lowest BCUT2D eigenvalue weighted by molar-refractivity contribution is -0.144. The molecule has 6 heteroatoms. The smallest absolute Gasteiger partial charge is 0.326 e. The first-order valence-electron chi connectivity index (χ1n) is 8.32. The Morgan fingerprint density at radius 2 is 2.04 bits per heavy atom. The largest absolute Gasteiger partial charge is 0.464 e. The van der Waals surface area contributed by atoms with Crippen LogP contribution < -0.4 is 5.56 Å². The molecule has 0 bridgehead atoms. The van der Waals surface area contributed by atoms with E-state index in [1.165, 1.54) is 15.9 Å². The zero-order valence-corrected chi connectivity index (χ0v) is 15.1. The van der Waals surface area contributed by atoms with Gasteiger partial charge in [-0.15, -0.1) is 11.3 Å². The number of hydrogen-bond donors (Lipinski definition) is 0.